The number of nitrogens with zero attached hydrogens (tertiary/aromatic N) is 3. The molecular weight excluding hydrogens is 402 g/mol. The smallest absolute Gasteiger partial charge is 0.338 e. The fourth-order valence-corrected chi connectivity index (χ4v) is 3.74. The lowest BCUT2D eigenvalue weighted by Gasteiger charge is -2.34. The van der Waals surface area contributed by atoms with Gasteiger partial charge in [0.2, 0.25) is 6.79 Å². The minimum Gasteiger partial charge on any atom is -0.454 e. The van der Waals surface area contributed by atoms with Crippen LogP contribution in [0.5, 0.6) is 11.5 Å². The minimum absolute atomic E-state index is 0.196. The molecule has 2 aromatic carbocycles. The quantitative estimate of drug-likeness (QED) is 0.576. The lowest BCUT2D eigenvalue weighted by Crippen LogP contribution is -2.49. The molecule has 0 radical (unpaired) electrons. The maximum Gasteiger partial charge on any atom is 0.338 e. The molecule has 0 atom stereocenters. The van der Waals surface area contributed by atoms with Crippen LogP contribution in [0.1, 0.15) is 15.9 Å². The summed E-state index contributed by atoms with van der Waals surface area (Å²) in [5.41, 5.74) is 2.63. The molecule has 1 amide bonds. The molecule has 3 heterocycles. The first-order valence-electron chi connectivity index (χ1n) is 10.0. The summed E-state index contributed by atoms with van der Waals surface area (Å²) in [6, 6.07) is 10.8. The average molecular weight is 423 g/mol. The number of ether oxygens (including phenoxy) is 3. The molecule has 160 valence electrons. The highest BCUT2D eigenvalue weighted by molar-refractivity contribution is 5.94. The van der Waals surface area contributed by atoms with Gasteiger partial charge in [0.05, 0.1) is 5.56 Å². The Labute approximate surface area is 178 Å². The number of hydrogen-bond acceptors (Lipinski definition) is 8. The van der Waals surface area contributed by atoms with E-state index in [1.807, 2.05) is 18.2 Å². The number of esters is 1. The van der Waals surface area contributed by atoms with Crippen molar-refractivity contribution < 1.29 is 28.2 Å². The Morgan fingerprint density at radius 2 is 1.84 bits per heavy atom. The van der Waals surface area contributed by atoms with Crippen molar-refractivity contribution >= 4 is 23.0 Å². The highest BCUT2D eigenvalue weighted by Gasteiger charge is 2.23. The van der Waals surface area contributed by atoms with Crippen LogP contribution in [-0.4, -0.2) is 66.2 Å². The Balaban J connectivity index is 1.09. The van der Waals surface area contributed by atoms with Gasteiger partial charge >= 0.3 is 5.97 Å². The van der Waals surface area contributed by atoms with Gasteiger partial charge in [-0.1, -0.05) is 6.07 Å². The van der Waals surface area contributed by atoms with Crippen molar-refractivity contribution in [3.63, 3.8) is 0 Å². The zero-order valence-corrected chi connectivity index (χ0v) is 16.8. The number of rotatable bonds is 5. The van der Waals surface area contributed by atoms with Crippen LogP contribution in [-0.2, 0) is 16.1 Å². The highest BCUT2D eigenvalue weighted by atomic mass is 16.7. The third-order valence-corrected chi connectivity index (χ3v) is 5.46. The predicted molar refractivity (Wildman–Crippen MR) is 109 cm³/mol. The summed E-state index contributed by atoms with van der Waals surface area (Å²) in [7, 11) is 0. The van der Waals surface area contributed by atoms with Crippen LogP contribution in [0.3, 0.4) is 0 Å². The molecule has 31 heavy (non-hydrogen) atoms. The highest BCUT2D eigenvalue weighted by Crippen LogP contribution is 2.32. The summed E-state index contributed by atoms with van der Waals surface area (Å²) in [5, 5.41) is 0. The van der Waals surface area contributed by atoms with Crippen LogP contribution >= 0.6 is 0 Å². The molecule has 5 rings (SSSR count). The lowest BCUT2D eigenvalue weighted by molar-refractivity contribution is -0.136. The van der Waals surface area contributed by atoms with Gasteiger partial charge in [-0.15, -0.1) is 0 Å². The second-order valence-corrected chi connectivity index (χ2v) is 7.46. The molecule has 1 fully saturated rings. The third kappa shape index (κ3) is 4.17. The van der Waals surface area contributed by atoms with Gasteiger partial charge in [-0.05, 0) is 35.9 Å². The fraction of sp³-hybridized carbons (Fsp3) is 0.318. The number of amides is 1. The second-order valence-electron chi connectivity index (χ2n) is 7.46. The molecule has 0 aliphatic carbocycles. The molecule has 0 bridgehead atoms. The van der Waals surface area contributed by atoms with Crippen molar-refractivity contribution in [2.24, 2.45) is 0 Å². The predicted octanol–water partition coefficient (Wildman–Crippen LogP) is 2.06. The first kappa shape index (κ1) is 19.4. The number of aromatic nitrogens is 1. The van der Waals surface area contributed by atoms with Crippen LogP contribution in [0.4, 0.5) is 0 Å². The molecule has 0 spiro atoms. The standard InChI is InChI=1S/C22H21N3O6/c26-21(12-28-22(27)16-2-4-18-17(10-16)23-13-29-18)25-7-5-24(6-8-25)11-15-1-3-19-20(9-15)31-14-30-19/h1-4,9-10,13H,5-8,11-12,14H2. The van der Waals surface area contributed by atoms with Crippen LogP contribution < -0.4 is 9.47 Å². The first-order valence-corrected chi connectivity index (χ1v) is 10.0. The Bertz CT molecular complexity index is 1120. The van der Waals surface area contributed by atoms with E-state index in [1.54, 1.807) is 23.1 Å². The van der Waals surface area contributed by atoms with Gasteiger partial charge in [0.15, 0.2) is 30.1 Å². The molecule has 0 saturated carbocycles. The van der Waals surface area contributed by atoms with E-state index < -0.39 is 5.97 Å². The van der Waals surface area contributed by atoms with Gasteiger partial charge in [-0.25, -0.2) is 9.78 Å². The fourth-order valence-electron chi connectivity index (χ4n) is 3.74. The zero-order chi connectivity index (χ0) is 21.2. The van der Waals surface area contributed by atoms with E-state index in [2.05, 4.69) is 9.88 Å². The lowest BCUT2D eigenvalue weighted by atomic mass is 10.1. The summed E-state index contributed by atoms with van der Waals surface area (Å²) in [6.07, 6.45) is 1.31. The first-order chi connectivity index (χ1) is 15.2. The summed E-state index contributed by atoms with van der Waals surface area (Å²) < 4.78 is 21.1. The summed E-state index contributed by atoms with van der Waals surface area (Å²) in [5.74, 6) is 0.795. The third-order valence-electron chi connectivity index (χ3n) is 5.46. The Morgan fingerprint density at radius 1 is 1.00 bits per heavy atom. The van der Waals surface area contributed by atoms with E-state index in [0.29, 0.717) is 29.8 Å². The molecule has 0 N–H and O–H groups in total. The molecule has 1 aromatic heterocycles. The number of carbonyl (C=O) groups is 2. The molecule has 3 aromatic rings. The van der Waals surface area contributed by atoms with Crippen molar-refractivity contribution in [1.29, 1.82) is 0 Å². The van der Waals surface area contributed by atoms with Crippen LogP contribution in [0.2, 0.25) is 0 Å². The van der Waals surface area contributed by atoms with E-state index in [-0.39, 0.29) is 19.3 Å². The van der Waals surface area contributed by atoms with Crippen molar-refractivity contribution in [2.45, 2.75) is 6.54 Å². The van der Waals surface area contributed by atoms with Crippen LogP contribution in [0.15, 0.2) is 47.2 Å². The SMILES string of the molecule is O=C(OCC(=O)N1CCN(Cc2ccc3c(c2)OCO3)CC1)c1ccc2ocnc2c1. The van der Waals surface area contributed by atoms with E-state index in [1.165, 1.54) is 6.39 Å². The van der Waals surface area contributed by atoms with E-state index in [4.69, 9.17) is 18.6 Å². The molecule has 2 aliphatic rings. The van der Waals surface area contributed by atoms with Gasteiger partial charge in [0.25, 0.3) is 5.91 Å². The number of fused-ring (bicyclic) bond motifs is 2. The van der Waals surface area contributed by atoms with Crippen molar-refractivity contribution in [1.82, 2.24) is 14.8 Å². The maximum atomic E-state index is 12.5. The number of hydrogen-bond donors (Lipinski definition) is 0. The monoisotopic (exact) mass is 423 g/mol. The van der Waals surface area contributed by atoms with Crippen LogP contribution in [0.25, 0.3) is 11.1 Å². The number of benzene rings is 2. The summed E-state index contributed by atoms with van der Waals surface area (Å²) >= 11 is 0. The Hall–Kier alpha value is -3.59. The molecule has 9 heteroatoms. The summed E-state index contributed by atoms with van der Waals surface area (Å²) in [4.78, 5) is 32.7. The van der Waals surface area contributed by atoms with Gasteiger partial charge in [0, 0.05) is 32.7 Å². The molecular formula is C22H21N3O6. The van der Waals surface area contributed by atoms with Crippen LogP contribution in [0, 0.1) is 0 Å². The largest absolute Gasteiger partial charge is 0.454 e. The topological polar surface area (TPSA) is 94.3 Å². The van der Waals surface area contributed by atoms with E-state index in [0.717, 1.165) is 36.7 Å². The number of carbonyl (C=O) groups excluding carboxylic acids is 2. The molecule has 1 saturated heterocycles. The van der Waals surface area contributed by atoms with Gasteiger partial charge in [-0.2, -0.15) is 0 Å². The van der Waals surface area contributed by atoms with Gasteiger partial charge < -0.3 is 23.5 Å². The minimum atomic E-state index is -0.556. The maximum absolute atomic E-state index is 12.5. The number of piperazine rings is 1. The molecule has 9 nitrogen and oxygen atoms in total. The number of oxazole rings is 1. The van der Waals surface area contributed by atoms with Crippen molar-refractivity contribution in [2.75, 3.05) is 39.6 Å². The Morgan fingerprint density at radius 3 is 2.71 bits per heavy atom. The van der Waals surface area contributed by atoms with E-state index in [9.17, 15) is 9.59 Å². The summed E-state index contributed by atoms with van der Waals surface area (Å²) in [6.45, 7) is 3.43. The average Bonchev–Trinajstić information content (AvgIpc) is 3.46. The van der Waals surface area contributed by atoms with Gasteiger partial charge in [-0.3, -0.25) is 9.69 Å². The van der Waals surface area contributed by atoms with Crippen molar-refractivity contribution in [3.8, 4) is 11.5 Å². The molecule has 2 aliphatic heterocycles. The molecule has 0 unspecified atom stereocenters. The second kappa shape index (κ2) is 8.27. The van der Waals surface area contributed by atoms with Crippen molar-refractivity contribution in [3.05, 3.63) is 53.9 Å². The normalized spacial score (nSPS) is 15.9. The Kier molecular flexibility index (Phi) is 5.17. The van der Waals surface area contributed by atoms with Gasteiger partial charge in [0.1, 0.15) is 5.52 Å². The zero-order valence-electron chi connectivity index (χ0n) is 16.8. The van der Waals surface area contributed by atoms with E-state index >= 15 is 0 Å².